The molecule has 5 nitrogen and oxygen atoms in total. The average molecular weight is 347 g/mol. The SMILES string of the molecule is CC[C@H](CO)NC(=O)N[C@H]1COc2cc(F)c(Br)cc21. The number of amides is 2. The third-order valence-corrected chi connectivity index (χ3v) is 3.80. The smallest absolute Gasteiger partial charge is 0.315 e. The third-order valence-electron chi connectivity index (χ3n) is 3.19. The van der Waals surface area contributed by atoms with E-state index in [9.17, 15) is 9.18 Å². The fourth-order valence-electron chi connectivity index (χ4n) is 1.99. The Balaban J connectivity index is 2.03. The Labute approximate surface area is 124 Å². The molecule has 3 N–H and O–H groups in total. The molecular weight excluding hydrogens is 331 g/mol. The lowest BCUT2D eigenvalue weighted by Gasteiger charge is -2.17. The summed E-state index contributed by atoms with van der Waals surface area (Å²) >= 11 is 3.11. The van der Waals surface area contributed by atoms with Crippen molar-refractivity contribution in [2.45, 2.75) is 25.4 Å². The molecule has 0 fully saturated rings. The van der Waals surface area contributed by atoms with E-state index >= 15 is 0 Å². The van der Waals surface area contributed by atoms with Crippen molar-refractivity contribution in [3.05, 3.63) is 28.0 Å². The third kappa shape index (κ3) is 3.21. The number of carbonyl (C=O) groups excluding carboxylic acids is 1. The van der Waals surface area contributed by atoms with Crippen LogP contribution in [0.3, 0.4) is 0 Å². The number of fused-ring (bicyclic) bond motifs is 1. The van der Waals surface area contributed by atoms with Crippen LogP contribution in [-0.2, 0) is 0 Å². The van der Waals surface area contributed by atoms with Gasteiger partial charge in [0.05, 0.1) is 23.2 Å². The predicted octanol–water partition coefficient (Wildman–Crippen LogP) is 2.09. The number of hydrogen-bond donors (Lipinski definition) is 3. The number of rotatable bonds is 4. The normalized spacial score (nSPS) is 18.1. The summed E-state index contributed by atoms with van der Waals surface area (Å²) in [5, 5.41) is 14.5. The quantitative estimate of drug-likeness (QED) is 0.781. The van der Waals surface area contributed by atoms with E-state index in [-0.39, 0.29) is 31.3 Å². The molecule has 0 aliphatic carbocycles. The molecule has 1 aromatic rings. The Morgan fingerprint density at radius 2 is 2.40 bits per heavy atom. The van der Waals surface area contributed by atoms with Crippen LogP contribution in [0.4, 0.5) is 9.18 Å². The van der Waals surface area contributed by atoms with Gasteiger partial charge < -0.3 is 20.5 Å². The van der Waals surface area contributed by atoms with Gasteiger partial charge in [0.1, 0.15) is 18.2 Å². The van der Waals surface area contributed by atoms with E-state index < -0.39 is 5.82 Å². The van der Waals surface area contributed by atoms with Gasteiger partial charge in [0.25, 0.3) is 0 Å². The zero-order chi connectivity index (χ0) is 14.7. The maximum atomic E-state index is 13.4. The zero-order valence-electron chi connectivity index (χ0n) is 11.0. The number of aliphatic hydroxyl groups excluding tert-OH is 1. The van der Waals surface area contributed by atoms with Gasteiger partial charge in [-0.1, -0.05) is 6.92 Å². The van der Waals surface area contributed by atoms with Crippen LogP contribution in [0.2, 0.25) is 0 Å². The highest BCUT2D eigenvalue weighted by molar-refractivity contribution is 9.10. The molecule has 0 unspecified atom stereocenters. The first-order valence-corrected chi connectivity index (χ1v) is 7.14. The van der Waals surface area contributed by atoms with E-state index in [0.29, 0.717) is 16.6 Å². The summed E-state index contributed by atoms with van der Waals surface area (Å²) < 4.78 is 19.1. The van der Waals surface area contributed by atoms with Gasteiger partial charge in [-0.3, -0.25) is 0 Å². The van der Waals surface area contributed by atoms with Crippen LogP contribution in [0.25, 0.3) is 0 Å². The summed E-state index contributed by atoms with van der Waals surface area (Å²) in [6.07, 6.45) is 0.637. The molecule has 0 saturated heterocycles. The molecular formula is C13H16BrFN2O3. The molecule has 2 atom stereocenters. The summed E-state index contributed by atoms with van der Waals surface area (Å²) in [6.45, 7) is 2.02. The van der Waals surface area contributed by atoms with Crippen molar-refractivity contribution in [2.75, 3.05) is 13.2 Å². The average Bonchev–Trinajstić information content (AvgIpc) is 2.79. The van der Waals surface area contributed by atoms with Gasteiger partial charge in [0.15, 0.2) is 0 Å². The van der Waals surface area contributed by atoms with Gasteiger partial charge in [0.2, 0.25) is 0 Å². The van der Waals surface area contributed by atoms with Crippen molar-refractivity contribution >= 4 is 22.0 Å². The first-order chi connectivity index (χ1) is 9.55. The van der Waals surface area contributed by atoms with Crippen molar-refractivity contribution < 1.29 is 19.0 Å². The van der Waals surface area contributed by atoms with E-state index in [1.54, 1.807) is 6.07 Å². The molecule has 0 saturated carbocycles. The Morgan fingerprint density at radius 1 is 1.65 bits per heavy atom. The fraction of sp³-hybridized carbons (Fsp3) is 0.462. The van der Waals surface area contributed by atoms with E-state index in [0.717, 1.165) is 5.56 Å². The standard InChI is InChI=1S/C13H16BrFN2O3/c1-2-7(5-18)16-13(19)17-11-6-20-12-4-10(15)9(14)3-8(11)12/h3-4,7,11,18H,2,5-6H2,1H3,(H2,16,17,19)/t7-,11+/m1/s1. The van der Waals surface area contributed by atoms with E-state index in [1.165, 1.54) is 6.07 Å². The highest BCUT2D eigenvalue weighted by Gasteiger charge is 2.27. The van der Waals surface area contributed by atoms with Gasteiger partial charge in [-0.25, -0.2) is 9.18 Å². The molecule has 20 heavy (non-hydrogen) atoms. The molecule has 7 heteroatoms. The first-order valence-electron chi connectivity index (χ1n) is 6.34. The molecule has 0 spiro atoms. The Bertz CT molecular complexity index is 509. The highest BCUT2D eigenvalue weighted by atomic mass is 79.9. The maximum absolute atomic E-state index is 13.4. The number of carbonyl (C=O) groups is 1. The number of urea groups is 1. The summed E-state index contributed by atoms with van der Waals surface area (Å²) in [6, 6.07) is 1.90. The Morgan fingerprint density at radius 3 is 3.05 bits per heavy atom. The minimum atomic E-state index is -0.403. The fourth-order valence-corrected chi connectivity index (χ4v) is 2.35. The van der Waals surface area contributed by atoms with E-state index in [2.05, 4.69) is 26.6 Å². The predicted molar refractivity (Wildman–Crippen MR) is 75.2 cm³/mol. The van der Waals surface area contributed by atoms with Crippen LogP contribution in [0.15, 0.2) is 16.6 Å². The van der Waals surface area contributed by atoms with Crippen LogP contribution < -0.4 is 15.4 Å². The molecule has 2 amide bonds. The zero-order valence-corrected chi connectivity index (χ0v) is 12.5. The van der Waals surface area contributed by atoms with Crippen molar-refractivity contribution in [1.29, 1.82) is 0 Å². The summed E-state index contributed by atoms with van der Waals surface area (Å²) in [5.74, 6) is 0.0328. The number of benzene rings is 1. The van der Waals surface area contributed by atoms with Crippen molar-refractivity contribution in [1.82, 2.24) is 10.6 Å². The second-order valence-corrected chi connectivity index (χ2v) is 5.43. The number of ether oxygens (including phenoxy) is 1. The lowest BCUT2D eigenvalue weighted by molar-refractivity contribution is 0.209. The monoisotopic (exact) mass is 346 g/mol. The van der Waals surface area contributed by atoms with Crippen molar-refractivity contribution in [3.8, 4) is 5.75 Å². The molecule has 0 radical (unpaired) electrons. The van der Waals surface area contributed by atoms with Crippen molar-refractivity contribution in [2.24, 2.45) is 0 Å². The Hall–Kier alpha value is -1.34. The number of hydrogen-bond acceptors (Lipinski definition) is 3. The lowest BCUT2D eigenvalue weighted by Crippen LogP contribution is -2.45. The van der Waals surface area contributed by atoms with E-state index in [1.807, 2.05) is 6.92 Å². The molecule has 110 valence electrons. The largest absolute Gasteiger partial charge is 0.491 e. The van der Waals surface area contributed by atoms with Crippen molar-refractivity contribution in [3.63, 3.8) is 0 Å². The minimum Gasteiger partial charge on any atom is -0.491 e. The number of aliphatic hydroxyl groups is 1. The molecule has 1 aliphatic heterocycles. The first kappa shape index (κ1) is 15.1. The van der Waals surface area contributed by atoms with Crippen LogP contribution in [0.1, 0.15) is 24.9 Å². The minimum absolute atomic E-state index is 0.113. The second kappa shape index (κ2) is 6.41. The Kier molecular flexibility index (Phi) is 4.82. The lowest BCUT2D eigenvalue weighted by atomic mass is 10.1. The topological polar surface area (TPSA) is 70.6 Å². The summed E-state index contributed by atoms with van der Waals surface area (Å²) in [5.41, 5.74) is 0.727. The van der Waals surface area contributed by atoms with E-state index in [4.69, 9.17) is 9.84 Å². The molecule has 2 rings (SSSR count). The molecule has 0 bridgehead atoms. The van der Waals surface area contributed by atoms with Gasteiger partial charge in [-0.2, -0.15) is 0 Å². The van der Waals surface area contributed by atoms with Crippen LogP contribution >= 0.6 is 15.9 Å². The summed E-state index contributed by atoms with van der Waals surface area (Å²) in [7, 11) is 0. The molecule has 1 aliphatic rings. The molecule has 1 heterocycles. The van der Waals surface area contributed by atoms with Gasteiger partial charge >= 0.3 is 6.03 Å². The maximum Gasteiger partial charge on any atom is 0.315 e. The van der Waals surface area contributed by atoms with Gasteiger partial charge in [-0.05, 0) is 28.4 Å². The van der Waals surface area contributed by atoms with Gasteiger partial charge in [0, 0.05) is 11.6 Å². The second-order valence-electron chi connectivity index (χ2n) is 4.57. The van der Waals surface area contributed by atoms with Gasteiger partial charge in [-0.15, -0.1) is 0 Å². The molecule has 1 aromatic carbocycles. The number of halogens is 2. The highest BCUT2D eigenvalue weighted by Crippen LogP contribution is 2.35. The van der Waals surface area contributed by atoms with Crippen LogP contribution in [0.5, 0.6) is 5.75 Å². The number of nitrogens with one attached hydrogen (secondary N) is 2. The summed E-state index contributed by atoms with van der Waals surface area (Å²) in [4.78, 5) is 11.8. The molecule has 0 aromatic heterocycles. The van der Waals surface area contributed by atoms with Crippen LogP contribution in [0, 0.1) is 5.82 Å². The van der Waals surface area contributed by atoms with Crippen LogP contribution in [-0.4, -0.2) is 30.4 Å².